The second kappa shape index (κ2) is 6.40. The Morgan fingerprint density at radius 2 is 2.21 bits per heavy atom. The lowest BCUT2D eigenvalue weighted by Gasteiger charge is -2.04. The second-order valence-electron chi connectivity index (χ2n) is 3.00. The fourth-order valence-corrected chi connectivity index (χ4v) is 1.54. The molecule has 1 aromatic carbocycles. The summed E-state index contributed by atoms with van der Waals surface area (Å²) >= 11 is 9.28. The molecule has 78 valence electrons. The largest absolute Gasteiger partial charge is 0.396 e. The summed E-state index contributed by atoms with van der Waals surface area (Å²) in [4.78, 5) is 0. The number of hydrogen-bond donors (Lipinski definition) is 2. The number of aliphatic hydroxyl groups excluding tert-OH is 1. The topological polar surface area (TPSA) is 32.3 Å². The molecule has 0 unspecified atom stereocenters. The number of rotatable bonds is 5. The lowest BCUT2D eigenvalue weighted by atomic mass is 10.2. The zero-order valence-corrected chi connectivity index (χ0v) is 10.1. The first-order valence-electron chi connectivity index (χ1n) is 4.49. The Kier molecular flexibility index (Phi) is 5.48. The van der Waals surface area contributed by atoms with Gasteiger partial charge in [-0.3, -0.25) is 0 Å². The molecule has 0 fully saturated rings. The molecule has 0 aliphatic heterocycles. The molecule has 0 amide bonds. The summed E-state index contributed by atoms with van der Waals surface area (Å²) in [6, 6.07) is 5.88. The average molecular weight is 279 g/mol. The van der Waals surface area contributed by atoms with Gasteiger partial charge in [-0.1, -0.05) is 17.7 Å². The number of halogens is 2. The highest BCUT2D eigenvalue weighted by molar-refractivity contribution is 9.10. The van der Waals surface area contributed by atoms with Crippen LogP contribution in [0.5, 0.6) is 0 Å². The van der Waals surface area contributed by atoms with Crippen LogP contribution in [0.1, 0.15) is 12.0 Å². The van der Waals surface area contributed by atoms with Gasteiger partial charge in [0.05, 0.1) is 5.02 Å². The molecule has 0 atom stereocenters. The maximum atomic E-state index is 8.58. The van der Waals surface area contributed by atoms with Gasteiger partial charge in [-0.25, -0.2) is 0 Å². The summed E-state index contributed by atoms with van der Waals surface area (Å²) in [6.45, 7) is 1.84. The smallest absolute Gasteiger partial charge is 0.0551 e. The van der Waals surface area contributed by atoms with Crippen molar-refractivity contribution in [2.75, 3.05) is 13.2 Å². The van der Waals surface area contributed by atoms with Crippen LogP contribution in [0, 0.1) is 0 Å². The molecule has 0 aliphatic carbocycles. The molecule has 1 aromatic rings. The van der Waals surface area contributed by atoms with Gasteiger partial charge < -0.3 is 10.4 Å². The molecule has 0 radical (unpaired) electrons. The van der Waals surface area contributed by atoms with Crippen molar-refractivity contribution >= 4 is 27.5 Å². The quantitative estimate of drug-likeness (QED) is 0.812. The Morgan fingerprint density at radius 3 is 2.86 bits per heavy atom. The lowest BCUT2D eigenvalue weighted by Crippen LogP contribution is -2.15. The van der Waals surface area contributed by atoms with E-state index in [2.05, 4.69) is 21.2 Å². The molecular weight excluding hydrogens is 265 g/mol. The molecule has 0 heterocycles. The number of benzene rings is 1. The van der Waals surface area contributed by atoms with Crippen LogP contribution in [-0.2, 0) is 6.54 Å². The van der Waals surface area contributed by atoms with Crippen LogP contribution in [-0.4, -0.2) is 18.3 Å². The van der Waals surface area contributed by atoms with Crippen molar-refractivity contribution in [2.45, 2.75) is 13.0 Å². The van der Waals surface area contributed by atoms with Gasteiger partial charge in [0.2, 0.25) is 0 Å². The normalized spacial score (nSPS) is 10.5. The first-order chi connectivity index (χ1) is 6.74. The fraction of sp³-hybridized carbons (Fsp3) is 0.400. The first kappa shape index (κ1) is 12.0. The number of nitrogens with one attached hydrogen (secondary N) is 1. The van der Waals surface area contributed by atoms with Crippen LogP contribution >= 0.6 is 27.5 Å². The first-order valence-corrected chi connectivity index (χ1v) is 5.66. The van der Waals surface area contributed by atoms with Gasteiger partial charge in [0.25, 0.3) is 0 Å². The zero-order chi connectivity index (χ0) is 10.4. The summed E-state index contributed by atoms with van der Waals surface area (Å²) in [5.41, 5.74) is 1.15. The Labute approximate surface area is 97.4 Å². The minimum atomic E-state index is 0.230. The highest BCUT2D eigenvalue weighted by atomic mass is 79.9. The maximum Gasteiger partial charge on any atom is 0.0551 e. The Balaban J connectivity index is 2.39. The zero-order valence-electron chi connectivity index (χ0n) is 7.76. The molecule has 2 nitrogen and oxygen atoms in total. The van der Waals surface area contributed by atoms with Gasteiger partial charge in [0, 0.05) is 17.6 Å². The van der Waals surface area contributed by atoms with E-state index >= 15 is 0 Å². The van der Waals surface area contributed by atoms with Crippen LogP contribution in [0.15, 0.2) is 22.7 Å². The summed E-state index contributed by atoms with van der Waals surface area (Å²) < 4.78 is 0.915. The van der Waals surface area contributed by atoms with Crippen molar-refractivity contribution in [3.63, 3.8) is 0 Å². The van der Waals surface area contributed by atoms with Crippen molar-refractivity contribution in [2.24, 2.45) is 0 Å². The van der Waals surface area contributed by atoms with Crippen LogP contribution in [0.2, 0.25) is 5.02 Å². The molecule has 0 aliphatic rings. The molecule has 0 spiro atoms. The van der Waals surface area contributed by atoms with Crippen molar-refractivity contribution in [3.8, 4) is 0 Å². The van der Waals surface area contributed by atoms with Crippen LogP contribution < -0.4 is 5.32 Å². The monoisotopic (exact) mass is 277 g/mol. The van der Waals surface area contributed by atoms with E-state index in [9.17, 15) is 0 Å². The van der Waals surface area contributed by atoms with Gasteiger partial charge in [0.1, 0.15) is 0 Å². The van der Waals surface area contributed by atoms with E-state index in [1.165, 1.54) is 0 Å². The van der Waals surface area contributed by atoms with Crippen molar-refractivity contribution in [1.82, 2.24) is 5.32 Å². The van der Waals surface area contributed by atoms with E-state index in [0.29, 0.717) is 0 Å². The molecule has 0 aromatic heterocycles. The molecule has 0 bridgehead atoms. The van der Waals surface area contributed by atoms with Gasteiger partial charge in [-0.15, -0.1) is 0 Å². The maximum absolute atomic E-state index is 8.58. The third-order valence-corrected chi connectivity index (χ3v) is 3.06. The molecule has 14 heavy (non-hydrogen) atoms. The van der Waals surface area contributed by atoms with Gasteiger partial charge in [-0.2, -0.15) is 0 Å². The van der Waals surface area contributed by atoms with Crippen molar-refractivity contribution < 1.29 is 5.11 Å². The number of aliphatic hydroxyl groups is 1. The molecule has 0 saturated carbocycles. The Hall–Kier alpha value is -0.0900. The van der Waals surface area contributed by atoms with Gasteiger partial charge in [0.15, 0.2) is 0 Å². The van der Waals surface area contributed by atoms with Gasteiger partial charge >= 0.3 is 0 Å². The third kappa shape index (κ3) is 3.96. The molecular formula is C10H13BrClNO. The Morgan fingerprint density at radius 1 is 1.43 bits per heavy atom. The summed E-state index contributed by atoms with van der Waals surface area (Å²) in [5, 5.41) is 12.5. The fourth-order valence-electron chi connectivity index (χ4n) is 1.09. The SMILES string of the molecule is OCCCNCc1ccc(Br)c(Cl)c1. The second-order valence-corrected chi connectivity index (χ2v) is 4.26. The highest BCUT2D eigenvalue weighted by Crippen LogP contribution is 2.22. The minimum absolute atomic E-state index is 0.230. The number of hydrogen-bond acceptors (Lipinski definition) is 2. The van der Waals surface area contributed by atoms with E-state index in [-0.39, 0.29) is 6.61 Å². The van der Waals surface area contributed by atoms with Crippen molar-refractivity contribution in [1.29, 1.82) is 0 Å². The average Bonchev–Trinajstić information content (AvgIpc) is 2.18. The van der Waals surface area contributed by atoms with E-state index in [1.807, 2.05) is 18.2 Å². The van der Waals surface area contributed by atoms with E-state index in [4.69, 9.17) is 16.7 Å². The lowest BCUT2D eigenvalue weighted by molar-refractivity contribution is 0.286. The Bertz CT molecular complexity index is 293. The predicted octanol–water partition coefficient (Wildman–Crippen LogP) is 2.57. The summed E-state index contributed by atoms with van der Waals surface area (Å²) in [6.07, 6.45) is 0.782. The third-order valence-electron chi connectivity index (χ3n) is 1.82. The van der Waals surface area contributed by atoms with Crippen LogP contribution in [0.3, 0.4) is 0 Å². The summed E-state index contributed by atoms with van der Waals surface area (Å²) in [5.74, 6) is 0. The van der Waals surface area contributed by atoms with Crippen LogP contribution in [0.25, 0.3) is 0 Å². The van der Waals surface area contributed by atoms with E-state index in [1.54, 1.807) is 0 Å². The van der Waals surface area contributed by atoms with Gasteiger partial charge in [-0.05, 0) is 46.6 Å². The van der Waals surface area contributed by atoms with Crippen molar-refractivity contribution in [3.05, 3.63) is 33.3 Å². The molecule has 4 heteroatoms. The van der Waals surface area contributed by atoms with Crippen LogP contribution in [0.4, 0.5) is 0 Å². The minimum Gasteiger partial charge on any atom is -0.396 e. The van der Waals surface area contributed by atoms with E-state index < -0.39 is 0 Å². The standard InChI is InChI=1S/C10H13BrClNO/c11-9-3-2-8(6-10(9)12)7-13-4-1-5-14/h2-3,6,13-14H,1,4-5,7H2. The highest BCUT2D eigenvalue weighted by Gasteiger charge is 1.98. The predicted molar refractivity (Wildman–Crippen MR) is 62.6 cm³/mol. The molecule has 0 saturated heterocycles. The molecule has 1 rings (SSSR count). The van der Waals surface area contributed by atoms with E-state index in [0.717, 1.165) is 34.6 Å². The molecule has 2 N–H and O–H groups in total. The summed E-state index contributed by atoms with van der Waals surface area (Å²) in [7, 11) is 0.